The van der Waals surface area contributed by atoms with E-state index in [1.165, 1.54) is 4.68 Å². The summed E-state index contributed by atoms with van der Waals surface area (Å²) in [5.41, 5.74) is 3.61. The number of carbonyl (C=O) groups is 2. The van der Waals surface area contributed by atoms with Gasteiger partial charge >= 0.3 is 12.1 Å². The van der Waals surface area contributed by atoms with Crippen molar-refractivity contribution < 1.29 is 23.8 Å². The molecule has 0 spiro atoms. The molecule has 0 amide bonds. The molecular weight excluding hydrogens is 470 g/mol. The summed E-state index contributed by atoms with van der Waals surface area (Å²) < 4.78 is 18.2. The molecule has 1 N–H and O–H groups in total. The molecular formula is C29H39N3O5. The molecule has 0 atom stereocenters. The Morgan fingerprint density at radius 3 is 2.35 bits per heavy atom. The summed E-state index contributed by atoms with van der Waals surface area (Å²) in [7, 11) is 0. The Hall–Kier alpha value is -3.55. The molecule has 200 valence electrons. The maximum absolute atomic E-state index is 12.9. The van der Waals surface area contributed by atoms with Gasteiger partial charge in [0.1, 0.15) is 23.6 Å². The molecule has 3 rings (SSSR count). The maximum atomic E-state index is 12.9. The molecule has 0 aliphatic heterocycles. The third kappa shape index (κ3) is 7.47. The van der Waals surface area contributed by atoms with Crippen LogP contribution in [0, 0.1) is 13.8 Å². The number of hydrogen-bond donors (Lipinski definition) is 1. The van der Waals surface area contributed by atoms with Crippen LogP contribution in [0.5, 0.6) is 11.5 Å². The van der Waals surface area contributed by atoms with Crippen molar-refractivity contribution in [1.82, 2.24) is 9.78 Å². The summed E-state index contributed by atoms with van der Waals surface area (Å²) in [6.45, 7) is 13.9. The van der Waals surface area contributed by atoms with Gasteiger partial charge in [0, 0.05) is 11.1 Å². The standard InChI is InChI=1S/C29H39N3O5/c1-8-10-11-12-24-23-17-22(13-14-25(23)32(31-24)28(34)37-29(5,6)7)36-27-19(3)15-21(16-20(27)4)30-18-26(33)35-9-2/h13-17,30H,8-12,18H2,1-7H3. The number of ether oxygens (including phenoxy) is 3. The first-order chi connectivity index (χ1) is 17.5. The minimum atomic E-state index is -0.618. The topological polar surface area (TPSA) is 91.7 Å². The molecule has 3 aromatic rings. The van der Waals surface area contributed by atoms with E-state index in [-0.39, 0.29) is 12.5 Å². The van der Waals surface area contributed by atoms with Gasteiger partial charge in [-0.3, -0.25) is 4.79 Å². The van der Waals surface area contributed by atoms with Crippen molar-refractivity contribution in [3.63, 3.8) is 0 Å². The lowest BCUT2D eigenvalue weighted by Gasteiger charge is -2.19. The highest BCUT2D eigenvalue weighted by Gasteiger charge is 2.22. The maximum Gasteiger partial charge on any atom is 0.435 e. The quantitative estimate of drug-likeness (QED) is 0.234. The molecule has 2 aromatic carbocycles. The highest BCUT2D eigenvalue weighted by Crippen LogP contribution is 2.34. The zero-order chi connectivity index (χ0) is 27.2. The number of nitrogens with one attached hydrogen (secondary N) is 1. The van der Waals surface area contributed by atoms with Gasteiger partial charge in [0.2, 0.25) is 0 Å². The number of aryl methyl sites for hydroxylation is 3. The van der Waals surface area contributed by atoms with Crippen LogP contribution in [-0.4, -0.2) is 40.6 Å². The number of aromatic nitrogens is 2. The van der Waals surface area contributed by atoms with Crippen LogP contribution in [0.25, 0.3) is 10.9 Å². The second kappa shape index (κ2) is 12.1. The fourth-order valence-corrected chi connectivity index (χ4v) is 4.11. The Morgan fingerprint density at radius 1 is 1.03 bits per heavy atom. The van der Waals surface area contributed by atoms with Crippen molar-refractivity contribution in [2.24, 2.45) is 0 Å². The molecule has 0 fully saturated rings. The van der Waals surface area contributed by atoms with Crippen molar-refractivity contribution >= 4 is 28.7 Å². The molecule has 1 aromatic heterocycles. The van der Waals surface area contributed by atoms with Crippen LogP contribution in [0.1, 0.15) is 70.7 Å². The molecule has 0 unspecified atom stereocenters. The van der Waals surface area contributed by atoms with Gasteiger partial charge in [-0.2, -0.15) is 9.78 Å². The summed E-state index contributed by atoms with van der Waals surface area (Å²) in [6.07, 6.45) is 3.45. The molecule has 0 saturated heterocycles. The summed E-state index contributed by atoms with van der Waals surface area (Å²) in [5.74, 6) is 1.10. The van der Waals surface area contributed by atoms with E-state index in [0.717, 1.165) is 59.3 Å². The average Bonchev–Trinajstić information content (AvgIpc) is 3.17. The highest BCUT2D eigenvalue weighted by atomic mass is 16.6. The molecule has 37 heavy (non-hydrogen) atoms. The lowest BCUT2D eigenvalue weighted by Crippen LogP contribution is -2.27. The van der Waals surface area contributed by atoms with Crippen molar-refractivity contribution in [2.75, 3.05) is 18.5 Å². The Balaban J connectivity index is 1.89. The summed E-state index contributed by atoms with van der Waals surface area (Å²) in [4.78, 5) is 24.5. The van der Waals surface area contributed by atoms with E-state index in [0.29, 0.717) is 17.9 Å². The molecule has 0 radical (unpaired) electrons. The minimum absolute atomic E-state index is 0.103. The van der Waals surface area contributed by atoms with Crippen molar-refractivity contribution in [3.05, 3.63) is 47.2 Å². The predicted molar refractivity (Wildman–Crippen MR) is 146 cm³/mol. The van der Waals surface area contributed by atoms with Gasteiger partial charge in [0.25, 0.3) is 0 Å². The zero-order valence-electron chi connectivity index (χ0n) is 23.1. The third-order valence-electron chi connectivity index (χ3n) is 5.73. The number of unbranched alkanes of at least 4 members (excludes halogenated alkanes) is 2. The number of rotatable bonds is 10. The van der Waals surface area contributed by atoms with Crippen molar-refractivity contribution in [1.29, 1.82) is 0 Å². The number of esters is 1. The van der Waals surface area contributed by atoms with Gasteiger partial charge < -0.3 is 19.5 Å². The van der Waals surface area contributed by atoms with Crippen LogP contribution < -0.4 is 10.1 Å². The smallest absolute Gasteiger partial charge is 0.435 e. The van der Waals surface area contributed by atoms with E-state index in [2.05, 4.69) is 17.3 Å². The normalized spacial score (nSPS) is 11.4. The number of nitrogens with zero attached hydrogens (tertiary/aromatic N) is 2. The Labute approximate surface area is 219 Å². The number of fused-ring (bicyclic) bond motifs is 1. The molecule has 8 nitrogen and oxygen atoms in total. The first-order valence-corrected chi connectivity index (χ1v) is 13.0. The average molecular weight is 510 g/mol. The first-order valence-electron chi connectivity index (χ1n) is 13.0. The molecule has 8 heteroatoms. The fourth-order valence-electron chi connectivity index (χ4n) is 4.11. The van der Waals surface area contributed by atoms with Crippen LogP contribution in [0.2, 0.25) is 0 Å². The molecule has 1 heterocycles. The van der Waals surface area contributed by atoms with Gasteiger partial charge in [-0.25, -0.2) is 4.79 Å². The highest BCUT2D eigenvalue weighted by molar-refractivity contribution is 5.90. The molecule has 0 aliphatic carbocycles. The Kier molecular flexibility index (Phi) is 9.18. The summed E-state index contributed by atoms with van der Waals surface area (Å²) in [6, 6.07) is 9.52. The SMILES string of the molecule is CCCCCc1nn(C(=O)OC(C)(C)C)c2ccc(Oc3c(C)cc(NCC(=O)OCC)cc3C)cc12. The molecule has 0 bridgehead atoms. The van der Waals surface area contributed by atoms with Crippen molar-refractivity contribution in [3.8, 4) is 11.5 Å². The van der Waals surface area contributed by atoms with E-state index in [1.54, 1.807) is 6.92 Å². The van der Waals surface area contributed by atoms with Crippen LogP contribution >= 0.6 is 0 Å². The van der Waals surface area contributed by atoms with Gasteiger partial charge in [-0.05, 0) is 95.8 Å². The Morgan fingerprint density at radius 2 is 1.73 bits per heavy atom. The Bertz CT molecular complexity index is 1230. The number of benzene rings is 2. The molecule has 0 saturated carbocycles. The van der Waals surface area contributed by atoms with E-state index in [1.807, 2.05) is 65.0 Å². The largest absolute Gasteiger partial charge is 0.465 e. The predicted octanol–water partition coefficient (Wildman–Crippen LogP) is 6.94. The van der Waals surface area contributed by atoms with E-state index < -0.39 is 11.7 Å². The van der Waals surface area contributed by atoms with E-state index in [4.69, 9.17) is 14.2 Å². The van der Waals surface area contributed by atoms with E-state index >= 15 is 0 Å². The van der Waals surface area contributed by atoms with Crippen LogP contribution in [-0.2, 0) is 20.7 Å². The van der Waals surface area contributed by atoms with Crippen LogP contribution in [0.4, 0.5) is 10.5 Å². The van der Waals surface area contributed by atoms with Gasteiger partial charge in [-0.1, -0.05) is 19.8 Å². The van der Waals surface area contributed by atoms with Crippen molar-refractivity contribution in [2.45, 2.75) is 79.8 Å². The molecule has 0 aliphatic rings. The zero-order valence-corrected chi connectivity index (χ0v) is 23.1. The first kappa shape index (κ1) is 28.0. The van der Waals surface area contributed by atoms with Crippen LogP contribution in [0.3, 0.4) is 0 Å². The number of anilines is 1. The van der Waals surface area contributed by atoms with Crippen LogP contribution in [0.15, 0.2) is 30.3 Å². The summed E-state index contributed by atoms with van der Waals surface area (Å²) in [5, 5.41) is 8.61. The van der Waals surface area contributed by atoms with Gasteiger partial charge in [0.15, 0.2) is 0 Å². The second-order valence-corrected chi connectivity index (χ2v) is 10.2. The summed E-state index contributed by atoms with van der Waals surface area (Å²) >= 11 is 0. The van der Waals surface area contributed by atoms with Gasteiger partial charge in [-0.15, -0.1) is 0 Å². The fraction of sp³-hybridized carbons (Fsp3) is 0.483. The lowest BCUT2D eigenvalue weighted by atomic mass is 10.1. The van der Waals surface area contributed by atoms with Gasteiger partial charge in [0.05, 0.1) is 17.8 Å². The number of hydrogen-bond acceptors (Lipinski definition) is 7. The monoisotopic (exact) mass is 509 g/mol. The second-order valence-electron chi connectivity index (χ2n) is 10.2. The minimum Gasteiger partial charge on any atom is -0.465 e. The van der Waals surface area contributed by atoms with E-state index in [9.17, 15) is 9.59 Å². The lowest BCUT2D eigenvalue weighted by molar-refractivity contribution is -0.140. The third-order valence-corrected chi connectivity index (χ3v) is 5.73. The number of carbonyl (C=O) groups excluding carboxylic acids is 2.